The Morgan fingerprint density at radius 2 is 1.83 bits per heavy atom. The molecule has 0 aliphatic carbocycles. The average Bonchev–Trinajstić information content (AvgIpc) is 3.05. The number of benzene rings is 2. The molecule has 0 bridgehead atoms. The molecule has 24 heavy (non-hydrogen) atoms. The Kier molecular flexibility index (Phi) is 4.91. The molecule has 0 fully saturated rings. The van der Waals surface area contributed by atoms with Gasteiger partial charge in [0.25, 0.3) is 5.91 Å². The van der Waals surface area contributed by atoms with Crippen LogP contribution in [0.1, 0.15) is 22.8 Å². The zero-order valence-electron chi connectivity index (χ0n) is 13.6. The summed E-state index contributed by atoms with van der Waals surface area (Å²) in [7, 11) is 0. The van der Waals surface area contributed by atoms with Gasteiger partial charge in [0.05, 0.1) is 12.3 Å². The number of nitrogens with zero attached hydrogens (tertiary/aromatic N) is 1. The fourth-order valence-corrected chi connectivity index (χ4v) is 2.94. The SMILES string of the molecule is CCOc1ccc(-c2csc(NC(=O)c3ccc(C)cc3)n2)cc1. The van der Waals surface area contributed by atoms with E-state index in [4.69, 9.17) is 4.74 Å². The van der Waals surface area contributed by atoms with Gasteiger partial charge in [-0.2, -0.15) is 0 Å². The van der Waals surface area contributed by atoms with Gasteiger partial charge in [-0.3, -0.25) is 10.1 Å². The van der Waals surface area contributed by atoms with Gasteiger partial charge in [-0.15, -0.1) is 11.3 Å². The van der Waals surface area contributed by atoms with Gasteiger partial charge in [-0.1, -0.05) is 17.7 Å². The van der Waals surface area contributed by atoms with Gasteiger partial charge in [0.2, 0.25) is 0 Å². The number of hydrogen-bond donors (Lipinski definition) is 1. The van der Waals surface area contributed by atoms with Gasteiger partial charge in [0, 0.05) is 16.5 Å². The van der Waals surface area contributed by atoms with Crippen LogP contribution in [0.2, 0.25) is 0 Å². The van der Waals surface area contributed by atoms with E-state index in [1.165, 1.54) is 11.3 Å². The van der Waals surface area contributed by atoms with Crippen LogP contribution in [0.3, 0.4) is 0 Å². The molecule has 5 heteroatoms. The number of hydrogen-bond acceptors (Lipinski definition) is 4. The maximum atomic E-state index is 12.2. The first-order valence-electron chi connectivity index (χ1n) is 7.72. The van der Waals surface area contributed by atoms with E-state index in [2.05, 4.69) is 10.3 Å². The van der Waals surface area contributed by atoms with E-state index < -0.39 is 0 Å². The summed E-state index contributed by atoms with van der Waals surface area (Å²) >= 11 is 1.41. The van der Waals surface area contributed by atoms with Crippen molar-refractivity contribution in [2.45, 2.75) is 13.8 Å². The van der Waals surface area contributed by atoms with Gasteiger partial charge in [0.1, 0.15) is 5.75 Å². The van der Waals surface area contributed by atoms with E-state index >= 15 is 0 Å². The van der Waals surface area contributed by atoms with Crippen LogP contribution in [0.5, 0.6) is 5.75 Å². The van der Waals surface area contributed by atoms with Crippen LogP contribution in [0.4, 0.5) is 5.13 Å². The fourth-order valence-electron chi connectivity index (χ4n) is 2.23. The smallest absolute Gasteiger partial charge is 0.257 e. The Labute approximate surface area is 145 Å². The fraction of sp³-hybridized carbons (Fsp3) is 0.158. The molecule has 0 aliphatic heterocycles. The predicted molar refractivity (Wildman–Crippen MR) is 97.9 cm³/mol. The Bertz CT molecular complexity index is 823. The molecule has 3 aromatic rings. The van der Waals surface area contributed by atoms with E-state index in [1.54, 1.807) is 0 Å². The molecule has 122 valence electrons. The quantitative estimate of drug-likeness (QED) is 0.729. The molecule has 4 nitrogen and oxygen atoms in total. The molecule has 0 saturated heterocycles. The number of thiazole rings is 1. The summed E-state index contributed by atoms with van der Waals surface area (Å²) in [5, 5.41) is 5.36. The summed E-state index contributed by atoms with van der Waals surface area (Å²) < 4.78 is 5.44. The minimum absolute atomic E-state index is 0.150. The highest BCUT2D eigenvalue weighted by Crippen LogP contribution is 2.26. The van der Waals surface area contributed by atoms with E-state index in [0.29, 0.717) is 17.3 Å². The van der Waals surface area contributed by atoms with Crippen LogP contribution < -0.4 is 10.1 Å². The Balaban J connectivity index is 1.71. The van der Waals surface area contributed by atoms with Gasteiger partial charge < -0.3 is 4.74 Å². The molecule has 1 N–H and O–H groups in total. The van der Waals surface area contributed by atoms with E-state index in [0.717, 1.165) is 22.6 Å². The zero-order valence-corrected chi connectivity index (χ0v) is 14.4. The molecule has 3 rings (SSSR count). The molecule has 0 unspecified atom stereocenters. The molecule has 0 aliphatic rings. The lowest BCUT2D eigenvalue weighted by Gasteiger charge is -2.03. The second kappa shape index (κ2) is 7.27. The van der Waals surface area contributed by atoms with Gasteiger partial charge in [0.15, 0.2) is 5.13 Å². The van der Waals surface area contributed by atoms with Gasteiger partial charge in [-0.25, -0.2) is 4.98 Å². The normalized spacial score (nSPS) is 10.4. The third kappa shape index (κ3) is 3.81. The van der Waals surface area contributed by atoms with Crippen molar-refractivity contribution < 1.29 is 9.53 Å². The van der Waals surface area contributed by atoms with Crippen LogP contribution in [0.15, 0.2) is 53.9 Å². The van der Waals surface area contributed by atoms with Crippen LogP contribution in [0, 0.1) is 6.92 Å². The van der Waals surface area contributed by atoms with Crippen LogP contribution in [-0.4, -0.2) is 17.5 Å². The molecule has 0 radical (unpaired) electrons. The summed E-state index contributed by atoms with van der Waals surface area (Å²) in [6.07, 6.45) is 0. The molecular formula is C19H18N2O2S. The highest BCUT2D eigenvalue weighted by Gasteiger charge is 2.10. The van der Waals surface area contributed by atoms with Crippen molar-refractivity contribution in [1.82, 2.24) is 4.98 Å². The van der Waals surface area contributed by atoms with Gasteiger partial charge in [-0.05, 0) is 50.2 Å². The molecule has 1 heterocycles. The third-order valence-electron chi connectivity index (χ3n) is 3.50. The van der Waals surface area contributed by atoms with Crippen molar-refractivity contribution in [1.29, 1.82) is 0 Å². The summed E-state index contributed by atoms with van der Waals surface area (Å²) in [6, 6.07) is 15.2. The summed E-state index contributed by atoms with van der Waals surface area (Å²) in [4.78, 5) is 16.7. The lowest BCUT2D eigenvalue weighted by molar-refractivity contribution is 0.102. The van der Waals surface area contributed by atoms with Crippen molar-refractivity contribution in [2.75, 3.05) is 11.9 Å². The molecule has 0 atom stereocenters. The topological polar surface area (TPSA) is 51.2 Å². The first-order valence-corrected chi connectivity index (χ1v) is 8.60. The minimum Gasteiger partial charge on any atom is -0.494 e. The van der Waals surface area contributed by atoms with Gasteiger partial charge >= 0.3 is 0 Å². The number of aryl methyl sites for hydroxylation is 1. The summed E-state index contributed by atoms with van der Waals surface area (Å²) in [5.41, 5.74) is 3.57. The molecule has 0 saturated carbocycles. The Morgan fingerprint density at radius 1 is 1.12 bits per heavy atom. The number of carbonyl (C=O) groups excluding carboxylic acids is 1. The second-order valence-corrected chi connectivity index (χ2v) is 6.17. The van der Waals surface area contributed by atoms with E-state index in [9.17, 15) is 4.79 Å². The maximum Gasteiger partial charge on any atom is 0.257 e. The summed E-state index contributed by atoms with van der Waals surface area (Å²) in [5.74, 6) is 0.687. The Hall–Kier alpha value is -2.66. The number of anilines is 1. The molecule has 0 spiro atoms. The van der Waals surface area contributed by atoms with Crippen molar-refractivity contribution >= 4 is 22.4 Å². The van der Waals surface area contributed by atoms with Crippen molar-refractivity contribution in [3.05, 3.63) is 65.0 Å². The number of nitrogens with one attached hydrogen (secondary N) is 1. The molecule has 2 aromatic carbocycles. The predicted octanol–water partition coefficient (Wildman–Crippen LogP) is 4.77. The number of rotatable bonds is 5. The standard InChI is InChI=1S/C19H18N2O2S/c1-3-23-16-10-8-14(9-11-16)17-12-24-19(20-17)21-18(22)15-6-4-13(2)5-7-15/h4-12H,3H2,1-2H3,(H,20,21,22). The third-order valence-corrected chi connectivity index (χ3v) is 4.26. The Morgan fingerprint density at radius 3 is 2.50 bits per heavy atom. The number of ether oxygens (including phenoxy) is 1. The number of carbonyl (C=O) groups is 1. The first kappa shape index (κ1) is 16.2. The average molecular weight is 338 g/mol. The van der Waals surface area contributed by atoms with Crippen molar-refractivity contribution in [3.8, 4) is 17.0 Å². The van der Waals surface area contributed by atoms with Crippen molar-refractivity contribution in [2.24, 2.45) is 0 Å². The van der Waals surface area contributed by atoms with Crippen molar-refractivity contribution in [3.63, 3.8) is 0 Å². The van der Waals surface area contributed by atoms with Crippen LogP contribution in [0.25, 0.3) is 11.3 Å². The number of amides is 1. The largest absolute Gasteiger partial charge is 0.494 e. The molecule has 1 aromatic heterocycles. The highest BCUT2D eigenvalue weighted by atomic mass is 32.1. The summed E-state index contributed by atoms with van der Waals surface area (Å²) in [6.45, 7) is 4.59. The van der Waals surface area contributed by atoms with E-state index in [1.807, 2.05) is 67.8 Å². The van der Waals surface area contributed by atoms with E-state index in [-0.39, 0.29) is 5.91 Å². The van der Waals surface area contributed by atoms with Crippen LogP contribution >= 0.6 is 11.3 Å². The lowest BCUT2D eigenvalue weighted by Crippen LogP contribution is -2.11. The first-order chi connectivity index (χ1) is 11.7. The highest BCUT2D eigenvalue weighted by molar-refractivity contribution is 7.14. The van der Waals surface area contributed by atoms with Crippen LogP contribution in [-0.2, 0) is 0 Å². The maximum absolute atomic E-state index is 12.2. The molecule has 1 amide bonds. The lowest BCUT2D eigenvalue weighted by atomic mass is 10.1. The zero-order chi connectivity index (χ0) is 16.9. The molecular weight excluding hydrogens is 320 g/mol. The number of aromatic nitrogens is 1. The monoisotopic (exact) mass is 338 g/mol. The second-order valence-electron chi connectivity index (χ2n) is 5.32. The minimum atomic E-state index is -0.150.